The smallest absolute Gasteiger partial charge is 0.193 e. The average molecular weight is 461 g/mol. The molecule has 25 heavy (non-hydrogen) atoms. The summed E-state index contributed by atoms with van der Waals surface area (Å²) in [7, 11) is 1.63. The van der Waals surface area contributed by atoms with E-state index in [0.717, 1.165) is 43.0 Å². The predicted molar refractivity (Wildman–Crippen MR) is 110 cm³/mol. The van der Waals surface area contributed by atoms with Gasteiger partial charge in [-0.25, -0.2) is 0 Å². The zero-order valence-electron chi connectivity index (χ0n) is 14.9. The minimum atomic E-state index is -0.377. The van der Waals surface area contributed by atoms with E-state index < -0.39 is 0 Å². The summed E-state index contributed by atoms with van der Waals surface area (Å²) in [5, 5.41) is 3.07. The fourth-order valence-electron chi connectivity index (χ4n) is 3.30. The third-order valence-corrected chi connectivity index (χ3v) is 4.78. The van der Waals surface area contributed by atoms with Gasteiger partial charge in [-0.3, -0.25) is 4.99 Å². The number of nitrogens with two attached hydrogens (primary N) is 1. The Morgan fingerprint density at radius 3 is 2.80 bits per heavy atom. The summed E-state index contributed by atoms with van der Waals surface area (Å²) in [5.74, 6) is 1.46. The van der Waals surface area contributed by atoms with Crippen LogP contribution in [0.5, 0.6) is 5.75 Å². The van der Waals surface area contributed by atoms with Crippen LogP contribution in [0.3, 0.4) is 0 Å². The number of para-hydroxylation sites is 2. The van der Waals surface area contributed by atoms with Crippen molar-refractivity contribution in [1.82, 2.24) is 0 Å². The van der Waals surface area contributed by atoms with Crippen molar-refractivity contribution in [2.45, 2.75) is 44.5 Å². The molecule has 0 radical (unpaired) electrons. The summed E-state index contributed by atoms with van der Waals surface area (Å²) >= 11 is 0. The molecule has 1 spiro atoms. The maximum absolute atomic E-state index is 6.15. The Kier molecular flexibility index (Phi) is 7.33. The van der Waals surface area contributed by atoms with Gasteiger partial charge in [-0.15, -0.1) is 24.0 Å². The van der Waals surface area contributed by atoms with Crippen LogP contribution in [-0.4, -0.2) is 38.1 Å². The lowest BCUT2D eigenvalue weighted by Crippen LogP contribution is -2.35. The Bertz CT molecular complexity index is 589. The molecule has 140 valence electrons. The summed E-state index contributed by atoms with van der Waals surface area (Å²) in [6.45, 7) is 3.36. The molecule has 3 N–H and O–H groups in total. The number of hydrogen-bond donors (Lipinski definition) is 2. The first-order valence-corrected chi connectivity index (χ1v) is 8.62. The van der Waals surface area contributed by atoms with Crippen LogP contribution in [0.2, 0.25) is 0 Å². The van der Waals surface area contributed by atoms with Gasteiger partial charge in [0.25, 0.3) is 0 Å². The van der Waals surface area contributed by atoms with Gasteiger partial charge < -0.3 is 25.3 Å². The van der Waals surface area contributed by atoms with Gasteiger partial charge in [-0.2, -0.15) is 0 Å². The van der Waals surface area contributed by atoms with Crippen LogP contribution >= 0.6 is 24.0 Å². The van der Waals surface area contributed by atoms with Crippen molar-refractivity contribution in [3.05, 3.63) is 24.3 Å². The van der Waals surface area contributed by atoms with Gasteiger partial charge in [-0.05, 0) is 30.9 Å². The van der Waals surface area contributed by atoms with Crippen LogP contribution in [0.25, 0.3) is 0 Å². The summed E-state index contributed by atoms with van der Waals surface area (Å²) < 4.78 is 17.4. The molecule has 0 aromatic heterocycles. The third kappa shape index (κ3) is 5.21. The first-order valence-electron chi connectivity index (χ1n) is 8.62. The molecule has 1 aromatic carbocycles. The van der Waals surface area contributed by atoms with Gasteiger partial charge in [0, 0.05) is 12.8 Å². The Hall–Kier alpha value is -1.06. The number of rotatable bonds is 4. The zero-order valence-corrected chi connectivity index (χ0v) is 17.2. The van der Waals surface area contributed by atoms with Crippen LogP contribution in [0.4, 0.5) is 5.69 Å². The van der Waals surface area contributed by atoms with Crippen molar-refractivity contribution in [1.29, 1.82) is 0 Å². The molecule has 7 heteroatoms. The first kappa shape index (κ1) is 20.3. The highest BCUT2D eigenvalue weighted by Gasteiger charge is 2.43. The highest BCUT2D eigenvalue weighted by molar-refractivity contribution is 14.0. The van der Waals surface area contributed by atoms with Gasteiger partial charge in [0.2, 0.25) is 0 Å². The number of hydrogen-bond acceptors (Lipinski definition) is 4. The second kappa shape index (κ2) is 9.05. The number of guanidine groups is 1. The second-order valence-corrected chi connectivity index (χ2v) is 6.70. The molecule has 0 amide bonds. The second-order valence-electron chi connectivity index (χ2n) is 6.70. The molecule has 1 heterocycles. The molecule has 2 aliphatic rings. The number of aliphatic imine (C=N–C) groups is 1. The normalized spacial score (nSPS) is 29.3. The third-order valence-electron chi connectivity index (χ3n) is 4.78. The van der Waals surface area contributed by atoms with Crippen LogP contribution < -0.4 is 15.8 Å². The van der Waals surface area contributed by atoms with E-state index in [0.29, 0.717) is 19.1 Å². The number of benzene rings is 1. The largest absolute Gasteiger partial charge is 0.495 e. The zero-order chi connectivity index (χ0) is 17.0. The maximum atomic E-state index is 6.15. The number of ether oxygens (including phenoxy) is 3. The summed E-state index contributed by atoms with van der Waals surface area (Å²) in [6, 6.07) is 7.59. The number of halogens is 1. The monoisotopic (exact) mass is 461 g/mol. The lowest BCUT2D eigenvalue weighted by Gasteiger charge is -2.34. The molecular formula is C18H28IN3O3. The van der Waals surface area contributed by atoms with Crippen molar-refractivity contribution in [3.8, 4) is 5.75 Å². The minimum Gasteiger partial charge on any atom is -0.495 e. The number of anilines is 1. The van der Waals surface area contributed by atoms with Crippen molar-refractivity contribution >= 4 is 35.6 Å². The van der Waals surface area contributed by atoms with E-state index in [1.54, 1.807) is 7.11 Å². The highest BCUT2D eigenvalue weighted by Crippen LogP contribution is 2.39. The van der Waals surface area contributed by atoms with E-state index in [-0.39, 0.29) is 35.9 Å². The SMILES string of the molecule is COc1ccccc1NC(N)=NCC1COC2(CCC(C)CC2)O1.I. The molecule has 1 unspecified atom stereocenters. The molecule has 1 atom stereocenters. The maximum Gasteiger partial charge on any atom is 0.193 e. The molecule has 6 nitrogen and oxygen atoms in total. The van der Waals surface area contributed by atoms with E-state index >= 15 is 0 Å². The van der Waals surface area contributed by atoms with Crippen molar-refractivity contribution in [2.75, 3.05) is 25.6 Å². The minimum absolute atomic E-state index is 0. The van der Waals surface area contributed by atoms with Crippen LogP contribution in [0, 0.1) is 5.92 Å². The van der Waals surface area contributed by atoms with Crippen molar-refractivity contribution in [2.24, 2.45) is 16.6 Å². The Labute approximate surface area is 166 Å². The molecule has 1 saturated carbocycles. The summed E-state index contributed by atoms with van der Waals surface area (Å²) in [4.78, 5) is 4.39. The molecule has 2 fully saturated rings. The molecule has 1 saturated heterocycles. The van der Waals surface area contributed by atoms with Crippen LogP contribution in [0.15, 0.2) is 29.3 Å². The number of nitrogens with one attached hydrogen (secondary N) is 1. The lowest BCUT2D eigenvalue weighted by molar-refractivity contribution is -0.190. The van der Waals surface area contributed by atoms with Crippen LogP contribution in [0.1, 0.15) is 32.6 Å². The predicted octanol–water partition coefficient (Wildman–Crippen LogP) is 3.36. The number of nitrogens with zero attached hydrogens (tertiary/aromatic N) is 1. The molecule has 3 rings (SSSR count). The fraction of sp³-hybridized carbons (Fsp3) is 0.611. The van der Waals surface area contributed by atoms with Crippen molar-refractivity contribution < 1.29 is 14.2 Å². The average Bonchev–Trinajstić information content (AvgIpc) is 3.00. The Morgan fingerprint density at radius 2 is 2.08 bits per heavy atom. The van der Waals surface area contributed by atoms with Gasteiger partial charge >= 0.3 is 0 Å². The first-order chi connectivity index (χ1) is 11.6. The lowest BCUT2D eigenvalue weighted by atomic mass is 9.86. The molecule has 1 aromatic rings. The summed E-state index contributed by atoms with van der Waals surface area (Å²) in [6.07, 6.45) is 4.24. The van der Waals surface area contributed by atoms with Crippen molar-refractivity contribution in [3.63, 3.8) is 0 Å². The molecule has 0 bridgehead atoms. The van der Waals surface area contributed by atoms with Gasteiger partial charge in [0.05, 0.1) is 25.9 Å². The fourth-order valence-corrected chi connectivity index (χ4v) is 3.30. The Morgan fingerprint density at radius 1 is 1.36 bits per heavy atom. The Balaban J connectivity index is 0.00000225. The highest BCUT2D eigenvalue weighted by atomic mass is 127. The van der Waals surface area contributed by atoms with E-state index in [4.69, 9.17) is 19.9 Å². The molecule has 1 aliphatic carbocycles. The topological polar surface area (TPSA) is 78.1 Å². The molecule has 1 aliphatic heterocycles. The van der Waals surface area contributed by atoms with E-state index in [1.807, 2.05) is 24.3 Å². The van der Waals surface area contributed by atoms with Gasteiger partial charge in [0.15, 0.2) is 11.7 Å². The quantitative estimate of drug-likeness (QED) is 0.409. The van der Waals surface area contributed by atoms with E-state index in [2.05, 4.69) is 17.2 Å². The number of methoxy groups -OCH3 is 1. The standard InChI is InChI=1S/C18H27N3O3.HI/c1-13-7-9-18(10-8-13)23-12-14(24-18)11-20-17(19)21-15-5-3-4-6-16(15)22-2;/h3-6,13-14H,7-12H2,1-2H3,(H3,19,20,21);1H. The van der Waals surface area contributed by atoms with E-state index in [1.165, 1.54) is 0 Å². The van der Waals surface area contributed by atoms with Crippen LogP contribution in [-0.2, 0) is 9.47 Å². The van der Waals surface area contributed by atoms with Gasteiger partial charge in [-0.1, -0.05) is 19.1 Å². The molecular weight excluding hydrogens is 433 g/mol. The van der Waals surface area contributed by atoms with Gasteiger partial charge in [0.1, 0.15) is 11.9 Å². The van der Waals surface area contributed by atoms with E-state index in [9.17, 15) is 0 Å². The summed E-state index contributed by atoms with van der Waals surface area (Å²) in [5.41, 5.74) is 6.78.